The van der Waals surface area contributed by atoms with Crippen LogP contribution >= 0.6 is 15.9 Å². The second-order valence-electron chi connectivity index (χ2n) is 3.03. The fraction of sp³-hybridized carbons (Fsp3) is 0. The maximum Gasteiger partial charge on any atom is 0.263 e. The van der Waals surface area contributed by atoms with Crippen LogP contribution in [-0.4, -0.2) is 18.6 Å². The molecule has 0 spiro atoms. The first kappa shape index (κ1) is 11.2. The number of nitrogens with zero attached hydrogens (tertiary/aromatic N) is 1. The summed E-state index contributed by atoms with van der Waals surface area (Å²) in [5.74, 6) is 0.333. The van der Waals surface area contributed by atoms with E-state index >= 15 is 0 Å². The van der Waals surface area contributed by atoms with Crippen LogP contribution in [0.1, 0.15) is 0 Å². The minimum atomic E-state index is -3.56. The maximum absolute atomic E-state index is 11.9. The molecule has 7 heteroatoms. The van der Waals surface area contributed by atoms with Crippen LogP contribution in [0.3, 0.4) is 0 Å². The Bertz CT molecular complexity index is 581. The van der Waals surface area contributed by atoms with Crippen LogP contribution in [0.25, 0.3) is 0 Å². The first-order valence-electron chi connectivity index (χ1n) is 4.36. The van der Waals surface area contributed by atoms with Gasteiger partial charge in [0.25, 0.3) is 10.0 Å². The normalized spacial score (nSPS) is 11.3. The highest BCUT2D eigenvalue weighted by Gasteiger charge is 2.14. The summed E-state index contributed by atoms with van der Waals surface area (Å²) in [6.07, 6.45) is 1.47. The average molecular weight is 302 g/mol. The van der Waals surface area contributed by atoms with Crippen molar-refractivity contribution in [1.29, 1.82) is 0 Å². The summed E-state index contributed by atoms with van der Waals surface area (Å²) in [7, 11) is -3.56. The Balaban J connectivity index is 2.33. The number of H-pyrrole nitrogens is 1. The average Bonchev–Trinajstić information content (AvgIpc) is 2.70. The van der Waals surface area contributed by atoms with Crippen molar-refractivity contribution in [1.82, 2.24) is 10.2 Å². The van der Waals surface area contributed by atoms with Gasteiger partial charge in [-0.2, -0.15) is 5.10 Å². The molecule has 0 bridgehead atoms. The monoisotopic (exact) mass is 301 g/mol. The number of halogens is 1. The molecule has 0 saturated heterocycles. The second-order valence-corrected chi connectivity index (χ2v) is 5.63. The van der Waals surface area contributed by atoms with Crippen molar-refractivity contribution in [2.24, 2.45) is 0 Å². The van der Waals surface area contributed by atoms with E-state index in [9.17, 15) is 8.42 Å². The lowest BCUT2D eigenvalue weighted by Gasteiger charge is -2.05. The summed E-state index contributed by atoms with van der Waals surface area (Å²) >= 11 is 3.22. The molecular weight excluding hydrogens is 294 g/mol. The lowest BCUT2D eigenvalue weighted by Crippen LogP contribution is -2.13. The van der Waals surface area contributed by atoms with Crippen molar-refractivity contribution in [3.05, 3.63) is 41.0 Å². The van der Waals surface area contributed by atoms with Crippen molar-refractivity contribution < 1.29 is 8.42 Å². The lowest BCUT2D eigenvalue weighted by molar-refractivity contribution is 0.601. The number of sulfonamides is 1. The van der Waals surface area contributed by atoms with E-state index in [0.717, 1.165) is 0 Å². The summed E-state index contributed by atoms with van der Waals surface area (Å²) in [5, 5.41) is 6.18. The zero-order valence-corrected chi connectivity index (χ0v) is 10.4. The number of hydrogen-bond donors (Lipinski definition) is 2. The number of anilines is 1. The SMILES string of the molecule is O=S(=O)(Nc1ccn[nH]1)c1cccc(Br)c1. The molecule has 0 aliphatic carbocycles. The molecular formula is C9H8BrN3O2S. The van der Waals surface area contributed by atoms with Crippen molar-refractivity contribution in [3.8, 4) is 0 Å². The predicted octanol–water partition coefficient (Wildman–Crippen LogP) is 1.97. The standard InChI is InChI=1S/C9H8BrN3O2S/c10-7-2-1-3-8(6-7)16(14,15)13-9-4-5-11-12-9/h1-6H,(H2,11,12,13). The Kier molecular flexibility index (Phi) is 2.97. The Morgan fingerprint density at radius 2 is 2.12 bits per heavy atom. The molecule has 2 N–H and O–H groups in total. The maximum atomic E-state index is 11.9. The molecule has 0 radical (unpaired) electrons. The van der Waals surface area contributed by atoms with E-state index in [2.05, 4.69) is 30.8 Å². The van der Waals surface area contributed by atoms with Gasteiger partial charge in [0.2, 0.25) is 0 Å². The smallest absolute Gasteiger partial charge is 0.263 e. The summed E-state index contributed by atoms with van der Waals surface area (Å²) in [5.41, 5.74) is 0. The number of hydrogen-bond acceptors (Lipinski definition) is 3. The van der Waals surface area contributed by atoms with E-state index in [1.165, 1.54) is 24.4 Å². The molecule has 0 aliphatic rings. The molecule has 0 aliphatic heterocycles. The fourth-order valence-corrected chi connectivity index (χ4v) is 2.76. The first-order chi connectivity index (χ1) is 7.58. The van der Waals surface area contributed by atoms with Gasteiger partial charge in [-0.15, -0.1) is 0 Å². The van der Waals surface area contributed by atoms with Crippen LogP contribution in [0, 0.1) is 0 Å². The molecule has 16 heavy (non-hydrogen) atoms. The van der Waals surface area contributed by atoms with Gasteiger partial charge in [-0.1, -0.05) is 22.0 Å². The van der Waals surface area contributed by atoms with Gasteiger partial charge in [-0.05, 0) is 18.2 Å². The summed E-state index contributed by atoms with van der Waals surface area (Å²) in [6.45, 7) is 0. The molecule has 2 aromatic rings. The highest BCUT2D eigenvalue weighted by atomic mass is 79.9. The van der Waals surface area contributed by atoms with Crippen LogP contribution in [0.5, 0.6) is 0 Å². The molecule has 0 amide bonds. The van der Waals surface area contributed by atoms with E-state index in [1.54, 1.807) is 12.1 Å². The van der Waals surface area contributed by atoms with Crippen LogP contribution in [-0.2, 0) is 10.0 Å². The van der Waals surface area contributed by atoms with E-state index in [1.807, 2.05) is 0 Å². The number of nitrogens with one attached hydrogen (secondary N) is 2. The molecule has 0 fully saturated rings. The quantitative estimate of drug-likeness (QED) is 0.910. The minimum Gasteiger partial charge on any atom is -0.264 e. The van der Waals surface area contributed by atoms with Crippen molar-refractivity contribution >= 4 is 31.8 Å². The molecule has 0 unspecified atom stereocenters. The molecule has 1 aromatic carbocycles. The zero-order valence-electron chi connectivity index (χ0n) is 8.01. The van der Waals surface area contributed by atoms with Gasteiger partial charge in [-0.3, -0.25) is 9.82 Å². The first-order valence-corrected chi connectivity index (χ1v) is 6.63. The minimum absolute atomic E-state index is 0.191. The molecule has 2 rings (SSSR count). The van der Waals surface area contributed by atoms with Gasteiger partial charge >= 0.3 is 0 Å². The summed E-state index contributed by atoms with van der Waals surface area (Å²) < 4.78 is 26.8. The highest BCUT2D eigenvalue weighted by molar-refractivity contribution is 9.10. The number of aromatic nitrogens is 2. The molecule has 1 aromatic heterocycles. The van der Waals surface area contributed by atoms with Crippen molar-refractivity contribution in [3.63, 3.8) is 0 Å². The molecule has 84 valence electrons. The third-order valence-electron chi connectivity index (χ3n) is 1.85. The van der Waals surface area contributed by atoms with Gasteiger partial charge in [-0.25, -0.2) is 8.42 Å². The number of rotatable bonds is 3. The van der Waals surface area contributed by atoms with Crippen LogP contribution in [0.4, 0.5) is 5.82 Å². The summed E-state index contributed by atoms with van der Waals surface area (Å²) in [4.78, 5) is 0.191. The van der Waals surface area contributed by atoms with Crippen LogP contribution < -0.4 is 4.72 Å². The van der Waals surface area contributed by atoms with E-state index < -0.39 is 10.0 Å². The molecule has 0 atom stereocenters. The Morgan fingerprint density at radius 3 is 2.75 bits per heavy atom. The fourth-order valence-electron chi connectivity index (χ4n) is 1.15. The lowest BCUT2D eigenvalue weighted by atomic mass is 10.4. The largest absolute Gasteiger partial charge is 0.264 e. The summed E-state index contributed by atoms with van der Waals surface area (Å²) in [6, 6.07) is 8.00. The van der Waals surface area contributed by atoms with E-state index in [-0.39, 0.29) is 4.90 Å². The van der Waals surface area contributed by atoms with Gasteiger partial charge in [0.15, 0.2) is 0 Å². The topological polar surface area (TPSA) is 74.8 Å². The van der Waals surface area contributed by atoms with Gasteiger partial charge in [0.05, 0.1) is 11.1 Å². The highest BCUT2D eigenvalue weighted by Crippen LogP contribution is 2.18. The Labute approximate surface area is 101 Å². The predicted molar refractivity (Wildman–Crippen MR) is 63.5 cm³/mol. The molecule has 1 heterocycles. The second kappa shape index (κ2) is 4.26. The number of benzene rings is 1. The third-order valence-corrected chi connectivity index (χ3v) is 3.71. The van der Waals surface area contributed by atoms with Gasteiger partial charge < -0.3 is 0 Å². The van der Waals surface area contributed by atoms with Crippen molar-refractivity contribution in [2.75, 3.05) is 4.72 Å². The Morgan fingerprint density at radius 1 is 1.31 bits per heavy atom. The molecule has 0 saturated carbocycles. The van der Waals surface area contributed by atoms with Gasteiger partial charge in [0, 0.05) is 10.5 Å². The third kappa shape index (κ3) is 2.42. The van der Waals surface area contributed by atoms with Gasteiger partial charge in [0.1, 0.15) is 5.82 Å². The zero-order chi connectivity index (χ0) is 11.6. The van der Waals surface area contributed by atoms with E-state index in [0.29, 0.717) is 10.3 Å². The van der Waals surface area contributed by atoms with Crippen LogP contribution in [0.15, 0.2) is 45.9 Å². The van der Waals surface area contributed by atoms with Crippen molar-refractivity contribution in [2.45, 2.75) is 4.90 Å². The Hall–Kier alpha value is -1.34. The van der Waals surface area contributed by atoms with Crippen LogP contribution in [0.2, 0.25) is 0 Å². The number of aromatic amines is 1. The molecule has 5 nitrogen and oxygen atoms in total. The van der Waals surface area contributed by atoms with E-state index in [4.69, 9.17) is 0 Å².